The smallest absolute Gasteiger partial charge is 0.325 e. The Labute approximate surface area is 166 Å². The molecule has 0 radical (unpaired) electrons. The first kappa shape index (κ1) is 18.6. The molecule has 3 heterocycles. The van der Waals surface area contributed by atoms with E-state index in [0.29, 0.717) is 16.4 Å². The highest BCUT2D eigenvalue weighted by Crippen LogP contribution is 2.45. The van der Waals surface area contributed by atoms with Gasteiger partial charge in [-0.15, -0.1) is 23.1 Å². The Morgan fingerprint density at radius 1 is 1.26 bits per heavy atom. The van der Waals surface area contributed by atoms with Crippen LogP contribution in [0, 0.1) is 0 Å². The molecule has 0 N–H and O–H groups in total. The maximum atomic E-state index is 13.0. The molecule has 0 aliphatic heterocycles. The molecule has 1 aromatic carbocycles. The number of benzene rings is 1. The lowest BCUT2D eigenvalue weighted by Crippen LogP contribution is -2.07. The molecule has 0 amide bonds. The number of fused-ring (bicyclic) bond motifs is 2. The second-order valence-corrected chi connectivity index (χ2v) is 8.65. The molecule has 0 bridgehead atoms. The molecular formula is C18H13ClF3N3S2. The largest absolute Gasteiger partial charge is 0.433 e. The Morgan fingerprint density at radius 2 is 2.04 bits per heavy atom. The van der Waals surface area contributed by atoms with Crippen molar-refractivity contribution in [3.8, 4) is 10.7 Å². The van der Waals surface area contributed by atoms with Crippen molar-refractivity contribution in [2.24, 2.45) is 7.05 Å². The molecular weight excluding hydrogens is 415 g/mol. The van der Waals surface area contributed by atoms with Gasteiger partial charge in [-0.25, -0.2) is 9.97 Å². The van der Waals surface area contributed by atoms with Gasteiger partial charge in [0.2, 0.25) is 0 Å². The van der Waals surface area contributed by atoms with Crippen LogP contribution in [-0.2, 0) is 13.2 Å². The van der Waals surface area contributed by atoms with Crippen LogP contribution in [0.25, 0.3) is 31.8 Å². The van der Waals surface area contributed by atoms with Gasteiger partial charge in [-0.3, -0.25) is 0 Å². The number of alkyl halides is 3. The quantitative estimate of drug-likeness (QED) is 0.343. The van der Waals surface area contributed by atoms with Crippen LogP contribution in [0.2, 0.25) is 5.02 Å². The van der Waals surface area contributed by atoms with Gasteiger partial charge in [0.05, 0.1) is 22.1 Å². The third kappa shape index (κ3) is 3.19. The summed E-state index contributed by atoms with van der Waals surface area (Å²) in [5, 5.41) is 1.72. The number of thiophene rings is 1. The van der Waals surface area contributed by atoms with Crippen molar-refractivity contribution in [2.45, 2.75) is 18.0 Å². The molecule has 3 nitrogen and oxygen atoms in total. The van der Waals surface area contributed by atoms with Crippen LogP contribution in [0.1, 0.15) is 12.6 Å². The average molecular weight is 428 g/mol. The standard InChI is InChI=1S/C18H13ClF3N3S2/c1-3-26-15-10-5-4-9(19)6-13(10)27-16(15)17-24-11-7-14(18(20,21)22)23-8-12(11)25(17)2/h4-8H,3H2,1-2H3. The number of nitrogens with zero attached hydrogens (tertiary/aromatic N) is 3. The highest BCUT2D eigenvalue weighted by Gasteiger charge is 2.33. The molecule has 0 saturated carbocycles. The molecule has 27 heavy (non-hydrogen) atoms. The lowest BCUT2D eigenvalue weighted by molar-refractivity contribution is -0.141. The second kappa shape index (κ2) is 6.68. The van der Waals surface area contributed by atoms with Crippen LogP contribution in [0.5, 0.6) is 0 Å². The molecule has 140 valence electrons. The van der Waals surface area contributed by atoms with Crippen molar-refractivity contribution in [3.63, 3.8) is 0 Å². The molecule has 0 fully saturated rings. The monoisotopic (exact) mass is 427 g/mol. The Balaban J connectivity index is 1.96. The van der Waals surface area contributed by atoms with Crippen molar-refractivity contribution in [3.05, 3.63) is 41.2 Å². The summed E-state index contributed by atoms with van der Waals surface area (Å²) >= 11 is 9.35. The van der Waals surface area contributed by atoms with Gasteiger partial charge in [-0.1, -0.05) is 24.6 Å². The van der Waals surface area contributed by atoms with Crippen molar-refractivity contribution < 1.29 is 13.2 Å². The molecule has 0 atom stereocenters. The van der Waals surface area contributed by atoms with E-state index in [9.17, 15) is 13.2 Å². The van der Waals surface area contributed by atoms with E-state index in [-0.39, 0.29) is 5.52 Å². The SMILES string of the molecule is CCSc1c(-c2nc3cc(C(F)(F)F)ncc3n2C)sc2cc(Cl)ccc12. The zero-order valence-electron chi connectivity index (χ0n) is 14.3. The summed E-state index contributed by atoms with van der Waals surface area (Å²) in [6, 6.07) is 6.71. The zero-order valence-corrected chi connectivity index (χ0v) is 16.7. The molecule has 0 unspecified atom stereocenters. The number of thioether (sulfide) groups is 1. The van der Waals surface area contributed by atoms with Gasteiger partial charge in [0.15, 0.2) is 5.82 Å². The highest BCUT2D eigenvalue weighted by molar-refractivity contribution is 7.99. The minimum absolute atomic E-state index is 0.276. The summed E-state index contributed by atoms with van der Waals surface area (Å²) in [4.78, 5) is 10.0. The van der Waals surface area contributed by atoms with E-state index in [1.807, 2.05) is 18.2 Å². The number of aromatic nitrogens is 3. The number of rotatable bonds is 3. The molecule has 3 aromatic heterocycles. The van der Waals surface area contributed by atoms with Gasteiger partial charge in [0, 0.05) is 27.1 Å². The molecule has 4 rings (SSSR count). The van der Waals surface area contributed by atoms with E-state index < -0.39 is 11.9 Å². The van der Waals surface area contributed by atoms with E-state index in [1.165, 1.54) is 17.5 Å². The summed E-state index contributed by atoms with van der Waals surface area (Å²) in [7, 11) is 1.79. The highest BCUT2D eigenvalue weighted by atomic mass is 35.5. The first-order chi connectivity index (χ1) is 12.8. The minimum Gasteiger partial charge on any atom is -0.325 e. The first-order valence-electron chi connectivity index (χ1n) is 8.04. The van der Waals surface area contributed by atoms with Crippen LogP contribution in [-0.4, -0.2) is 20.3 Å². The average Bonchev–Trinajstić information content (AvgIpc) is 3.12. The Hall–Kier alpha value is -1.77. The van der Waals surface area contributed by atoms with Gasteiger partial charge < -0.3 is 4.57 Å². The third-order valence-electron chi connectivity index (χ3n) is 4.16. The number of hydrogen-bond acceptors (Lipinski definition) is 4. The van der Waals surface area contributed by atoms with Gasteiger partial charge in [0.25, 0.3) is 0 Å². The molecule has 0 saturated heterocycles. The summed E-state index contributed by atoms with van der Waals surface area (Å²) < 4.78 is 41.7. The van der Waals surface area contributed by atoms with Crippen molar-refractivity contribution in [2.75, 3.05) is 5.75 Å². The lowest BCUT2D eigenvalue weighted by Gasteiger charge is -2.05. The predicted molar refractivity (Wildman–Crippen MR) is 106 cm³/mol. The maximum absolute atomic E-state index is 13.0. The van der Waals surface area contributed by atoms with Gasteiger partial charge in [-0.05, 0) is 24.0 Å². The van der Waals surface area contributed by atoms with Crippen LogP contribution in [0.4, 0.5) is 13.2 Å². The van der Waals surface area contributed by atoms with Crippen LogP contribution in [0.3, 0.4) is 0 Å². The van der Waals surface area contributed by atoms with Gasteiger partial charge in [-0.2, -0.15) is 13.2 Å². The molecule has 0 spiro atoms. The minimum atomic E-state index is -4.50. The van der Waals surface area contributed by atoms with E-state index in [4.69, 9.17) is 11.6 Å². The summed E-state index contributed by atoms with van der Waals surface area (Å²) in [5.74, 6) is 1.49. The predicted octanol–water partition coefficient (Wildman–Crippen LogP) is 6.63. The number of halogens is 4. The number of pyridine rings is 1. The lowest BCUT2D eigenvalue weighted by atomic mass is 10.2. The summed E-state index contributed by atoms with van der Waals surface area (Å²) in [5.41, 5.74) is -0.107. The third-order valence-corrected chi connectivity index (χ3v) is 6.67. The van der Waals surface area contributed by atoms with Crippen molar-refractivity contribution in [1.82, 2.24) is 14.5 Å². The Bertz CT molecular complexity index is 1160. The second-order valence-electron chi connectivity index (χ2n) is 5.88. The van der Waals surface area contributed by atoms with E-state index in [0.717, 1.165) is 31.7 Å². The Kier molecular flexibility index (Phi) is 4.60. The normalized spacial score (nSPS) is 12.4. The van der Waals surface area contributed by atoms with Gasteiger partial charge >= 0.3 is 6.18 Å². The fourth-order valence-electron chi connectivity index (χ4n) is 2.93. The van der Waals surface area contributed by atoms with E-state index in [2.05, 4.69) is 16.9 Å². The zero-order chi connectivity index (χ0) is 19.3. The maximum Gasteiger partial charge on any atom is 0.433 e. The van der Waals surface area contributed by atoms with Gasteiger partial charge in [0.1, 0.15) is 5.69 Å². The van der Waals surface area contributed by atoms with E-state index in [1.54, 1.807) is 23.4 Å². The van der Waals surface area contributed by atoms with Crippen molar-refractivity contribution >= 4 is 55.8 Å². The molecule has 9 heteroatoms. The topological polar surface area (TPSA) is 30.7 Å². The van der Waals surface area contributed by atoms with Crippen LogP contribution < -0.4 is 0 Å². The fourth-order valence-corrected chi connectivity index (χ4v) is 5.54. The summed E-state index contributed by atoms with van der Waals surface area (Å²) in [6.45, 7) is 2.06. The first-order valence-corrected chi connectivity index (χ1v) is 10.2. The molecule has 0 aliphatic carbocycles. The van der Waals surface area contributed by atoms with Crippen LogP contribution >= 0.6 is 34.7 Å². The molecule has 0 aliphatic rings. The number of hydrogen-bond donors (Lipinski definition) is 0. The summed E-state index contributed by atoms with van der Waals surface area (Å²) in [6.07, 6.45) is -3.27. The van der Waals surface area contributed by atoms with Crippen LogP contribution in [0.15, 0.2) is 35.4 Å². The number of aryl methyl sites for hydroxylation is 1. The molecule has 4 aromatic rings. The van der Waals surface area contributed by atoms with Crippen molar-refractivity contribution in [1.29, 1.82) is 0 Å². The number of imidazole rings is 1. The van der Waals surface area contributed by atoms with E-state index >= 15 is 0 Å². The fraction of sp³-hybridized carbons (Fsp3) is 0.222. The Morgan fingerprint density at radius 3 is 2.74 bits per heavy atom.